The number of rotatable bonds is 10. The fourth-order valence-electron chi connectivity index (χ4n) is 2.97. The molecule has 162 valence electrons. The molecule has 0 aromatic heterocycles. The monoisotopic (exact) mass is 404 g/mol. The van der Waals surface area contributed by atoms with Gasteiger partial charge in [0.25, 0.3) is 0 Å². The van der Waals surface area contributed by atoms with Crippen molar-refractivity contribution in [1.82, 2.24) is 0 Å². The van der Waals surface area contributed by atoms with Crippen molar-refractivity contribution in [2.75, 3.05) is 6.61 Å². The maximum absolute atomic E-state index is 12.1. The first-order valence-electron chi connectivity index (χ1n) is 9.28. The van der Waals surface area contributed by atoms with Gasteiger partial charge in [-0.05, 0) is 34.1 Å². The van der Waals surface area contributed by atoms with Crippen LogP contribution in [0.4, 0.5) is 0 Å². The van der Waals surface area contributed by atoms with E-state index in [0.29, 0.717) is 12.0 Å². The second kappa shape index (κ2) is 10.4. The molecule has 28 heavy (non-hydrogen) atoms. The number of hydrogen-bond acceptors (Lipinski definition) is 8. The molecule has 5 N–H and O–H groups in total. The number of ketones is 1. The van der Waals surface area contributed by atoms with Gasteiger partial charge < -0.3 is 35.0 Å². The summed E-state index contributed by atoms with van der Waals surface area (Å²) in [6.07, 6.45) is -5.06. The van der Waals surface area contributed by atoms with Crippen LogP contribution in [0.25, 0.3) is 0 Å². The van der Waals surface area contributed by atoms with Gasteiger partial charge in [-0.2, -0.15) is 0 Å². The van der Waals surface area contributed by atoms with E-state index < -0.39 is 54.8 Å². The lowest BCUT2D eigenvalue weighted by molar-refractivity contribution is -0.310. The van der Waals surface area contributed by atoms with Crippen LogP contribution in [0.15, 0.2) is 11.6 Å². The maximum Gasteiger partial charge on any atom is 0.312 e. The molecule has 9 nitrogen and oxygen atoms in total. The van der Waals surface area contributed by atoms with Crippen LogP contribution in [0.5, 0.6) is 0 Å². The van der Waals surface area contributed by atoms with Gasteiger partial charge in [0, 0.05) is 12.8 Å². The van der Waals surface area contributed by atoms with Gasteiger partial charge in [0.1, 0.15) is 30.2 Å². The van der Waals surface area contributed by atoms with Crippen molar-refractivity contribution >= 4 is 11.8 Å². The largest absolute Gasteiger partial charge is 0.481 e. The normalized spacial score (nSPS) is 30.1. The standard InChI is InChI=1S/C19H32O9/c1-10(8-19(3,4)18(25)26)7-12(21)6-5-11(2)27-17-16(24)15(23)14(22)13(9-20)28-17/h8,11,13-17,20,22-24H,5-7,9H2,1-4H3,(H,25,26)/b10-8-/t11-,13-,14-,15+,16-,17-/m1/s1. The van der Waals surface area contributed by atoms with E-state index in [9.17, 15) is 30.0 Å². The third kappa shape index (κ3) is 6.91. The van der Waals surface area contributed by atoms with Gasteiger partial charge in [0.05, 0.1) is 18.1 Å². The van der Waals surface area contributed by atoms with Crippen LogP contribution >= 0.6 is 0 Å². The van der Waals surface area contributed by atoms with E-state index in [1.54, 1.807) is 33.8 Å². The summed E-state index contributed by atoms with van der Waals surface area (Å²) in [5, 5.41) is 47.8. The molecule has 0 aliphatic carbocycles. The van der Waals surface area contributed by atoms with Gasteiger partial charge in [0.2, 0.25) is 0 Å². The summed E-state index contributed by atoms with van der Waals surface area (Å²) in [7, 11) is 0. The van der Waals surface area contributed by atoms with Gasteiger partial charge in [-0.15, -0.1) is 0 Å². The van der Waals surface area contributed by atoms with Crippen LogP contribution in [-0.2, 0) is 19.1 Å². The predicted molar refractivity (Wildman–Crippen MR) is 98.3 cm³/mol. The van der Waals surface area contributed by atoms with Crippen LogP contribution in [-0.4, -0.2) is 80.7 Å². The fraction of sp³-hybridized carbons (Fsp3) is 0.789. The van der Waals surface area contributed by atoms with Crippen molar-refractivity contribution in [2.24, 2.45) is 5.41 Å². The molecule has 0 unspecified atom stereocenters. The number of carboxylic acid groups (broad SMARTS) is 1. The van der Waals surface area contributed by atoms with Gasteiger partial charge >= 0.3 is 5.97 Å². The third-order valence-corrected chi connectivity index (χ3v) is 4.68. The van der Waals surface area contributed by atoms with Crippen LogP contribution in [0.3, 0.4) is 0 Å². The molecule has 1 saturated heterocycles. The number of Topliss-reactive ketones (excluding diaryl/α,β-unsaturated/α-hetero) is 1. The molecular weight excluding hydrogens is 372 g/mol. The average molecular weight is 404 g/mol. The maximum atomic E-state index is 12.1. The minimum Gasteiger partial charge on any atom is -0.481 e. The van der Waals surface area contributed by atoms with Gasteiger partial charge in [-0.25, -0.2) is 0 Å². The van der Waals surface area contributed by atoms with E-state index in [1.165, 1.54) is 0 Å². The number of ether oxygens (including phenoxy) is 2. The Morgan fingerprint density at radius 3 is 2.32 bits per heavy atom. The molecule has 1 aliphatic rings. The average Bonchev–Trinajstić information content (AvgIpc) is 2.59. The number of allylic oxidation sites excluding steroid dienone is 1. The first-order valence-corrected chi connectivity index (χ1v) is 9.28. The smallest absolute Gasteiger partial charge is 0.312 e. The lowest BCUT2D eigenvalue weighted by Crippen LogP contribution is -2.59. The lowest BCUT2D eigenvalue weighted by atomic mass is 9.90. The molecule has 0 aromatic carbocycles. The molecule has 6 atom stereocenters. The highest BCUT2D eigenvalue weighted by atomic mass is 16.7. The quantitative estimate of drug-likeness (QED) is 0.316. The van der Waals surface area contributed by atoms with Crippen LogP contribution < -0.4 is 0 Å². The third-order valence-electron chi connectivity index (χ3n) is 4.68. The summed E-state index contributed by atoms with van der Waals surface area (Å²) in [6, 6.07) is 0. The Labute approximate surface area is 164 Å². The number of hydrogen-bond donors (Lipinski definition) is 5. The number of aliphatic hydroxyl groups excluding tert-OH is 4. The van der Waals surface area contributed by atoms with E-state index in [1.807, 2.05) is 0 Å². The van der Waals surface area contributed by atoms with Crippen molar-refractivity contribution in [1.29, 1.82) is 0 Å². The predicted octanol–water partition coefficient (Wildman–Crippen LogP) is -0.0121. The minimum absolute atomic E-state index is 0.0841. The van der Waals surface area contributed by atoms with Gasteiger partial charge in [-0.3, -0.25) is 9.59 Å². The number of aliphatic hydroxyl groups is 4. The Kier molecular flexibility index (Phi) is 9.19. The van der Waals surface area contributed by atoms with Crippen molar-refractivity contribution in [2.45, 2.75) is 83.8 Å². The number of carboxylic acids is 1. The molecule has 1 heterocycles. The molecule has 0 bridgehead atoms. The molecular formula is C19H32O9. The summed E-state index contributed by atoms with van der Waals surface area (Å²) in [5.41, 5.74) is -0.385. The van der Waals surface area contributed by atoms with Gasteiger partial charge in [-0.1, -0.05) is 11.6 Å². The van der Waals surface area contributed by atoms with Crippen LogP contribution in [0, 0.1) is 5.41 Å². The first-order chi connectivity index (χ1) is 12.9. The Bertz CT molecular complexity index is 570. The molecule has 1 fully saturated rings. The molecule has 0 aromatic rings. The van der Waals surface area contributed by atoms with Crippen LogP contribution in [0.2, 0.25) is 0 Å². The summed E-state index contributed by atoms with van der Waals surface area (Å²) in [4.78, 5) is 23.3. The fourth-order valence-corrected chi connectivity index (χ4v) is 2.97. The van der Waals surface area contributed by atoms with E-state index >= 15 is 0 Å². The minimum atomic E-state index is -1.52. The Morgan fingerprint density at radius 1 is 1.18 bits per heavy atom. The Hall–Kier alpha value is -1.36. The van der Waals surface area contributed by atoms with Crippen molar-refractivity contribution in [3.8, 4) is 0 Å². The zero-order valence-corrected chi connectivity index (χ0v) is 16.7. The van der Waals surface area contributed by atoms with Crippen molar-refractivity contribution in [3.63, 3.8) is 0 Å². The van der Waals surface area contributed by atoms with E-state index in [4.69, 9.17) is 14.6 Å². The lowest BCUT2D eigenvalue weighted by Gasteiger charge is -2.40. The SMILES string of the molecule is C/C(=C/C(C)(C)C(=O)O)CC(=O)CC[C@@H](C)O[C@@H]1O[C@H](CO)[C@@H](O)[C@H](O)[C@H]1O. The number of carbonyl (C=O) groups excluding carboxylic acids is 1. The molecule has 1 aliphatic heterocycles. The van der Waals surface area contributed by atoms with E-state index in [-0.39, 0.29) is 18.6 Å². The number of aliphatic carboxylic acids is 1. The molecule has 1 rings (SSSR count). The summed E-state index contributed by atoms with van der Waals surface area (Å²) in [5.74, 6) is -1.06. The Morgan fingerprint density at radius 2 is 1.79 bits per heavy atom. The topological polar surface area (TPSA) is 154 Å². The zero-order valence-electron chi connectivity index (χ0n) is 16.7. The van der Waals surface area contributed by atoms with E-state index in [2.05, 4.69) is 0 Å². The summed E-state index contributed by atoms with van der Waals surface area (Å²) < 4.78 is 10.8. The van der Waals surface area contributed by atoms with E-state index in [0.717, 1.165) is 0 Å². The molecule has 0 saturated carbocycles. The summed E-state index contributed by atoms with van der Waals surface area (Å²) in [6.45, 7) is 5.94. The van der Waals surface area contributed by atoms with Crippen molar-refractivity contribution in [3.05, 3.63) is 11.6 Å². The van der Waals surface area contributed by atoms with Crippen molar-refractivity contribution < 1.29 is 44.6 Å². The molecule has 0 amide bonds. The van der Waals surface area contributed by atoms with Crippen LogP contribution in [0.1, 0.15) is 47.0 Å². The highest BCUT2D eigenvalue weighted by molar-refractivity contribution is 5.81. The highest BCUT2D eigenvalue weighted by Gasteiger charge is 2.44. The second-order valence-electron chi connectivity index (χ2n) is 7.92. The molecule has 9 heteroatoms. The first kappa shape index (κ1) is 24.7. The second-order valence-corrected chi connectivity index (χ2v) is 7.92. The van der Waals surface area contributed by atoms with Gasteiger partial charge in [0.15, 0.2) is 6.29 Å². The molecule has 0 spiro atoms. The zero-order chi connectivity index (χ0) is 21.6. The highest BCUT2D eigenvalue weighted by Crippen LogP contribution is 2.24. The molecule has 0 radical (unpaired) electrons. The Balaban J connectivity index is 2.51. The summed E-state index contributed by atoms with van der Waals surface area (Å²) >= 11 is 0. The number of carbonyl (C=O) groups is 2.